The van der Waals surface area contributed by atoms with Crippen LogP contribution in [0.2, 0.25) is 0 Å². The van der Waals surface area contributed by atoms with Crippen LogP contribution in [0.3, 0.4) is 0 Å². The monoisotopic (exact) mass is 243 g/mol. The lowest BCUT2D eigenvalue weighted by molar-refractivity contribution is -0.145. The Hall–Kier alpha value is -0.420. The number of thiophene rings is 1. The normalized spacial score (nSPS) is 11.6. The van der Waals surface area contributed by atoms with Crippen LogP contribution in [0.25, 0.3) is 0 Å². The standard InChI is InChI=1S/C12H21NO2S/c1-4-14-12(15-5-2)10-13(3)9-11-7-6-8-16-11/h6-8,12H,4-5,9-10H2,1-3H3. The van der Waals surface area contributed by atoms with E-state index in [1.165, 1.54) is 4.88 Å². The highest BCUT2D eigenvalue weighted by molar-refractivity contribution is 7.09. The number of hydrogen-bond acceptors (Lipinski definition) is 4. The van der Waals surface area contributed by atoms with E-state index >= 15 is 0 Å². The molecule has 0 aliphatic carbocycles. The zero-order valence-electron chi connectivity index (χ0n) is 10.3. The zero-order chi connectivity index (χ0) is 11.8. The van der Waals surface area contributed by atoms with E-state index in [0.29, 0.717) is 13.2 Å². The summed E-state index contributed by atoms with van der Waals surface area (Å²) in [4.78, 5) is 3.59. The van der Waals surface area contributed by atoms with Gasteiger partial charge in [0.1, 0.15) is 0 Å². The topological polar surface area (TPSA) is 21.7 Å². The van der Waals surface area contributed by atoms with Crippen LogP contribution in [0.15, 0.2) is 17.5 Å². The van der Waals surface area contributed by atoms with E-state index in [2.05, 4.69) is 29.5 Å². The van der Waals surface area contributed by atoms with Crippen LogP contribution in [0, 0.1) is 0 Å². The van der Waals surface area contributed by atoms with Crippen molar-refractivity contribution in [1.29, 1.82) is 0 Å². The molecule has 0 saturated heterocycles. The van der Waals surface area contributed by atoms with Gasteiger partial charge in [-0.15, -0.1) is 11.3 Å². The number of hydrogen-bond donors (Lipinski definition) is 0. The molecule has 1 heterocycles. The van der Waals surface area contributed by atoms with Crippen molar-refractivity contribution in [2.45, 2.75) is 26.7 Å². The van der Waals surface area contributed by atoms with Gasteiger partial charge in [-0.05, 0) is 32.3 Å². The maximum Gasteiger partial charge on any atom is 0.170 e. The molecule has 1 aromatic rings. The fourth-order valence-electron chi connectivity index (χ4n) is 1.51. The minimum absolute atomic E-state index is 0.111. The van der Waals surface area contributed by atoms with Crippen molar-refractivity contribution in [3.8, 4) is 0 Å². The maximum absolute atomic E-state index is 5.51. The highest BCUT2D eigenvalue weighted by atomic mass is 32.1. The van der Waals surface area contributed by atoms with Crippen molar-refractivity contribution in [3.63, 3.8) is 0 Å². The maximum atomic E-state index is 5.51. The second-order valence-electron chi connectivity index (χ2n) is 3.62. The molecule has 0 amide bonds. The Kier molecular flexibility index (Phi) is 6.64. The first-order valence-corrected chi connectivity index (χ1v) is 6.58. The van der Waals surface area contributed by atoms with Crippen molar-refractivity contribution in [2.75, 3.05) is 26.8 Å². The van der Waals surface area contributed by atoms with Crippen LogP contribution >= 0.6 is 11.3 Å². The smallest absolute Gasteiger partial charge is 0.170 e. The predicted octanol–water partition coefficient (Wildman–Crippen LogP) is 2.58. The Balaban J connectivity index is 2.32. The molecule has 0 saturated carbocycles. The van der Waals surface area contributed by atoms with Crippen LogP contribution in [0.4, 0.5) is 0 Å². The summed E-state index contributed by atoms with van der Waals surface area (Å²) in [7, 11) is 2.09. The number of rotatable bonds is 8. The van der Waals surface area contributed by atoms with Gasteiger partial charge in [-0.2, -0.15) is 0 Å². The van der Waals surface area contributed by atoms with E-state index in [1.54, 1.807) is 11.3 Å². The summed E-state index contributed by atoms with van der Waals surface area (Å²) >= 11 is 1.78. The van der Waals surface area contributed by atoms with Gasteiger partial charge in [0.05, 0.1) is 0 Å². The van der Waals surface area contributed by atoms with E-state index in [4.69, 9.17) is 9.47 Å². The Bertz CT molecular complexity index is 258. The van der Waals surface area contributed by atoms with Gasteiger partial charge >= 0.3 is 0 Å². The van der Waals surface area contributed by atoms with Crippen LogP contribution in [-0.2, 0) is 16.0 Å². The first-order chi connectivity index (χ1) is 7.76. The third-order valence-electron chi connectivity index (χ3n) is 2.17. The van der Waals surface area contributed by atoms with Crippen LogP contribution < -0.4 is 0 Å². The molecule has 0 fully saturated rings. The molecule has 0 aromatic carbocycles. The molecule has 0 atom stereocenters. The van der Waals surface area contributed by atoms with Crippen molar-refractivity contribution in [3.05, 3.63) is 22.4 Å². The summed E-state index contributed by atoms with van der Waals surface area (Å²) in [5.74, 6) is 0. The molecular weight excluding hydrogens is 222 g/mol. The lowest BCUT2D eigenvalue weighted by atomic mass is 10.4. The van der Waals surface area contributed by atoms with Crippen LogP contribution in [-0.4, -0.2) is 38.0 Å². The van der Waals surface area contributed by atoms with Gasteiger partial charge in [0.15, 0.2) is 6.29 Å². The molecule has 16 heavy (non-hydrogen) atoms. The summed E-state index contributed by atoms with van der Waals surface area (Å²) in [6.45, 7) is 7.12. The number of nitrogens with zero attached hydrogens (tertiary/aromatic N) is 1. The van der Waals surface area contributed by atoms with Crippen molar-refractivity contribution in [2.24, 2.45) is 0 Å². The summed E-state index contributed by atoms with van der Waals surface area (Å²) in [5, 5.41) is 2.10. The van der Waals surface area contributed by atoms with Gasteiger partial charge in [0.25, 0.3) is 0 Å². The summed E-state index contributed by atoms with van der Waals surface area (Å²) < 4.78 is 11.0. The molecule has 1 rings (SSSR count). The molecular formula is C12H21NO2S. The molecule has 0 aliphatic rings. The molecule has 0 N–H and O–H groups in total. The highest BCUT2D eigenvalue weighted by Crippen LogP contribution is 2.11. The minimum Gasteiger partial charge on any atom is -0.352 e. The summed E-state index contributed by atoms with van der Waals surface area (Å²) in [6.07, 6.45) is -0.111. The van der Waals surface area contributed by atoms with Gasteiger partial charge in [0.2, 0.25) is 0 Å². The Morgan fingerprint density at radius 2 is 2.00 bits per heavy atom. The van der Waals surface area contributed by atoms with E-state index in [0.717, 1.165) is 13.1 Å². The van der Waals surface area contributed by atoms with Crippen molar-refractivity contribution in [1.82, 2.24) is 4.90 Å². The molecule has 0 unspecified atom stereocenters. The third kappa shape index (κ3) is 5.07. The zero-order valence-corrected chi connectivity index (χ0v) is 11.1. The van der Waals surface area contributed by atoms with Crippen LogP contribution in [0.1, 0.15) is 18.7 Å². The fraction of sp³-hybridized carbons (Fsp3) is 0.667. The Morgan fingerprint density at radius 3 is 2.50 bits per heavy atom. The molecule has 1 aromatic heterocycles. The molecule has 3 nitrogen and oxygen atoms in total. The second kappa shape index (κ2) is 7.79. The SMILES string of the molecule is CCOC(CN(C)Cc1cccs1)OCC. The molecule has 0 aliphatic heterocycles. The second-order valence-corrected chi connectivity index (χ2v) is 4.65. The van der Waals surface area contributed by atoms with Gasteiger partial charge < -0.3 is 9.47 Å². The molecule has 4 heteroatoms. The predicted molar refractivity (Wildman–Crippen MR) is 67.7 cm³/mol. The van der Waals surface area contributed by atoms with Gasteiger partial charge in [-0.3, -0.25) is 4.90 Å². The van der Waals surface area contributed by atoms with Crippen molar-refractivity contribution < 1.29 is 9.47 Å². The molecule has 0 bridgehead atoms. The average Bonchev–Trinajstić information content (AvgIpc) is 2.71. The van der Waals surface area contributed by atoms with E-state index in [9.17, 15) is 0 Å². The van der Waals surface area contributed by atoms with E-state index in [-0.39, 0.29) is 6.29 Å². The lowest BCUT2D eigenvalue weighted by Crippen LogP contribution is -2.32. The van der Waals surface area contributed by atoms with E-state index < -0.39 is 0 Å². The van der Waals surface area contributed by atoms with E-state index in [1.807, 2.05) is 13.8 Å². The molecule has 92 valence electrons. The molecule has 0 spiro atoms. The Labute approximate surface area is 102 Å². The number of ether oxygens (including phenoxy) is 2. The Morgan fingerprint density at radius 1 is 1.31 bits per heavy atom. The first kappa shape index (κ1) is 13.6. The summed E-state index contributed by atoms with van der Waals surface area (Å²) in [5.41, 5.74) is 0. The first-order valence-electron chi connectivity index (χ1n) is 5.70. The summed E-state index contributed by atoms with van der Waals surface area (Å²) in [6, 6.07) is 4.23. The third-order valence-corrected chi connectivity index (χ3v) is 3.03. The molecule has 0 radical (unpaired) electrons. The van der Waals surface area contributed by atoms with Gasteiger partial charge in [-0.25, -0.2) is 0 Å². The number of likely N-dealkylation sites (N-methyl/N-ethyl adjacent to an activating group) is 1. The van der Waals surface area contributed by atoms with Gasteiger partial charge in [0, 0.05) is 31.2 Å². The average molecular weight is 243 g/mol. The fourth-order valence-corrected chi connectivity index (χ4v) is 2.30. The quantitative estimate of drug-likeness (QED) is 0.655. The van der Waals surface area contributed by atoms with Crippen LogP contribution in [0.5, 0.6) is 0 Å². The van der Waals surface area contributed by atoms with Gasteiger partial charge in [-0.1, -0.05) is 6.07 Å². The largest absolute Gasteiger partial charge is 0.352 e. The lowest BCUT2D eigenvalue weighted by Gasteiger charge is -2.23. The van der Waals surface area contributed by atoms with Crippen molar-refractivity contribution >= 4 is 11.3 Å². The minimum atomic E-state index is -0.111. The highest BCUT2D eigenvalue weighted by Gasteiger charge is 2.11.